The fourth-order valence-electron chi connectivity index (χ4n) is 7.81. The number of carbonyl (C=O) groups excluding carboxylic acids is 1. The summed E-state index contributed by atoms with van der Waals surface area (Å²) < 4.78 is 41.0. The summed E-state index contributed by atoms with van der Waals surface area (Å²) in [5.41, 5.74) is 4.39. The van der Waals surface area contributed by atoms with Crippen LogP contribution in [-0.4, -0.2) is 93.2 Å². The van der Waals surface area contributed by atoms with E-state index < -0.39 is 12.6 Å². The molecule has 13 heteroatoms. The first-order chi connectivity index (χ1) is 23.0. The molecule has 9 nitrogen and oxygen atoms in total. The highest BCUT2D eigenvalue weighted by molar-refractivity contribution is 7.18. The van der Waals surface area contributed by atoms with E-state index in [1.165, 1.54) is 23.5 Å². The monoisotopic (exact) mass is 676 g/mol. The average molecular weight is 677 g/mol. The molecule has 0 radical (unpaired) electrons. The molecule has 3 aliphatic rings. The number of halogens is 3. The van der Waals surface area contributed by atoms with Crippen molar-refractivity contribution >= 4 is 44.2 Å². The van der Waals surface area contributed by atoms with Gasteiger partial charge in [-0.2, -0.15) is 18.4 Å². The fraction of sp³-hybridized carbons (Fsp3) is 0.486. The van der Waals surface area contributed by atoms with Gasteiger partial charge in [0.2, 0.25) is 5.91 Å². The van der Waals surface area contributed by atoms with Crippen LogP contribution in [0.4, 0.5) is 19.0 Å². The minimum atomic E-state index is -4.26. The summed E-state index contributed by atoms with van der Waals surface area (Å²) in [7, 11) is 0. The number of hydrogen-bond donors (Lipinski definition) is 1. The molecule has 4 aromatic rings. The molecule has 7 rings (SSSR count). The summed E-state index contributed by atoms with van der Waals surface area (Å²) in [5.74, 6) is 0.616. The standard InChI is InChI=1S/C35H39F3N8OS/c1-3-31(47)45-11-8-34(21-45)19-44(20-34)12-13-46-26(17-39)14-28-23(2)24(4-5-30(28)46)18-43-9-6-25(7-10-43)42-32-29-15-27(16-35(36,37)38)48-33(29)41-22-40-32/h3-5,14-15,22,25H,1,6-13,16,18-21H2,2H3,(H,40,41,42). The second-order valence-corrected chi connectivity index (χ2v) is 14.8. The van der Waals surface area contributed by atoms with E-state index in [0.717, 1.165) is 100 Å². The van der Waals surface area contributed by atoms with Gasteiger partial charge in [0.05, 0.1) is 11.8 Å². The maximum atomic E-state index is 12.9. The molecule has 1 aromatic carbocycles. The van der Waals surface area contributed by atoms with Crippen molar-refractivity contribution in [2.24, 2.45) is 5.41 Å². The molecule has 3 aromatic heterocycles. The number of benzene rings is 1. The van der Waals surface area contributed by atoms with E-state index >= 15 is 0 Å². The van der Waals surface area contributed by atoms with Crippen LogP contribution in [0.1, 0.15) is 41.0 Å². The molecule has 0 saturated carbocycles. The van der Waals surface area contributed by atoms with Crippen LogP contribution in [0.5, 0.6) is 0 Å². The Morgan fingerprint density at radius 3 is 2.65 bits per heavy atom. The van der Waals surface area contributed by atoms with Crippen molar-refractivity contribution in [3.8, 4) is 6.07 Å². The molecule has 1 N–H and O–H groups in total. The number of hydrogen-bond acceptors (Lipinski definition) is 8. The number of aryl methyl sites for hydroxylation is 1. The smallest absolute Gasteiger partial charge is 0.367 e. The van der Waals surface area contributed by atoms with Gasteiger partial charge in [-0.15, -0.1) is 11.3 Å². The van der Waals surface area contributed by atoms with Crippen LogP contribution in [0.15, 0.2) is 43.2 Å². The van der Waals surface area contributed by atoms with Crippen LogP contribution < -0.4 is 5.32 Å². The Morgan fingerprint density at radius 1 is 1.12 bits per heavy atom. The molecule has 1 amide bonds. The molecule has 3 aliphatic heterocycles. The molecule has 0 bridgehead atoms. The van der Waals surface area contributed by atoms with Crippen LogP contribution in [0.25, 0.3) is 21.1 Å². The SMILES string of the molecule is C=CC(=O)N1CCC2(CN(CCn3c(C#N)cc4c(C)c(CN5CCC(Nc6ncnc7sc(CC(F)(F)F)cc67)CC5)ccc43)C2)C1. The second-order valence-electron chi connectivity index (χ2n) is 13.6. The number of carbonyl (C=O) groups is 1. The number of thiophene rings is 1. The Morgan fingerprint density at radius 2 is 1.92 bits per heavy atom. The Hall–Kier alpha value is -3.99. The Kier molecular flexibility index (Phi) is 8.68. The number of aromatic nitrogens is 3. The van der Waals surface area contributed by atoms with Gasteiger partial charge in [0.25, 0.3) is 0 Å². The van der Waals surface area contributed by atoms with Crippen molar-refractivity contribution in [3.63, 3.8) is 0 Å². The van der Waals surface area contributed by atoms with Crippen LogP contribution in [0, 0.1) is 23.7 Å². The van der Waals surface area contributed by atoms with Gasteiger partial charge in [0, 0.05) is 86.1 Å². The van der Waals surface area contributed by atoms with E-state index in [-0.39, 0.29) is 22.2 Å². The first-order valence-corrected chi connectivity index (χ1v) is 17.3. The molecular weight excluding hydrogens is 638 g/mol. The van der Waals surface area contributed by atoms with Gasteiger partial charge in [-0.1, -0.05) is 12.6 Å². The number of rotatable bonds is 9. The predicted molar refractivity (Wildman–Crippen MR) is 181 cm³/mol. The molecule has 6 heterocycles. The second kappa shape index (κ2) is 12.8. The maximum absolute atomic E-state index is 12.9. The number of piperidine rings is 1. The van der Waals surface area contributed by atoms with E-state index in [0.29, 0.717) is 21.7 Å². The number of nitrogens with one attached hydrogen (secondary N) is 1. The number of fused-ring (bicyclic) bond motifs is 2. The van der Waals surface area contributed by atoms with Crippen molar-refractivity contribution in [3.05, 3.63) is 64.9 Å². The predicted octanol–water partition coefficient (Wildman–Crippen LogP) is 5.73. The Balaban J connectivity index is 0.949. The van der Waals surface area contributed by atoms with E-state index in [2.05, 4.69) is 61.4 Å². The molecule has 48 heavy (non-hydrogen) atoms. The van der Waals surface area contributed by atoms with Crippen LogP contribution in [0.3, 0.4) is 0 Å². The van der Waals surface area contributed by atoms with Crippen molar-refractivity contribution in [1.29, 1.82) is 5.26 Å². The summed E-state index contributed by atoms with van der Waals surface area (Å²) >= 11 is 1.07. The summed E-state index contributed by atoms with van der Waals surface area (Å²) in [6.07, 6.45) is 0.413. The van der Waals surface area contributed by atoms with Crippen LogP contribution >= 0.6 is 11.3 Å². The minimum Gasteiger partial charge on any atom is -0.367 e. The van der Waals surface area contributed by atoms with E-state index in [1.807, 2.05) is 11.0 Å². The van der Waals surface area contributed by atoms with Crippen molar-refractivity contribution in [2.75, 3.05) is 51.1 Å². The summed E-state index contributed by atoms with van der Waals surface area (Å²) in [6, 6.07) is 10.5. The lowest BCUT2D eigenvalue weighted by Gasteiger charge is -2.48. The molecule has 0 aliphatic carbocycles. The van der Waals surface area contributed by atoms with Crippen molar-refractivity contribution in [1.82, 2.24) is 29.2 Å². The van der Waals surface area contributed by atoms with Gasteiger partial charge >= 0.3 is 6.18 Å². The molecule has 0 atom stereocenters. The number of nitrogens with zero attached hydrogens (tertiary/aromatic N) is 7. The van der Waals surface area contributed by atoms with Gasteiger partial charge < -0.3 is 19.7 Å². The lowest BCUT2D eigenvalue weighted by atomic mass is 9.79. The Bertz CT molecular complexity index is 1900. The van der Waals surface area contributed by atoms with Crippen molar-refractivity contribution in [2.45, 2.75) is 57.9 Å². The summed E-state index contributed by atoms with van der Waals surface area (Å²) in [5, 5.41) is 15.2. The fourth-order valence-corrected chi connectivity index (χ4v) is 8.84. The molecule has 3 saturated heterocycles. The molecule has 0 unspecified atom stereocenters. The maximum Gasteiger partial charge on any atom is 0.393 e. The van der Waals surface area contributed by atoms with E-state index in [9.17, 15) is 23.2 Å². The highest BCUT2D eigenvalue weighted by Gasteiger charge is 2.48. The zero-order chi connectivity index (χ0) is 33.6. The Labute approximate surface area is 281 Å². The number of amides is 1. The normalized spacial score (nSPS) is 18.9. The highest BCUT2D eigenvalue weighted by Crippen LogP contribution is 2.40. The van der Waals surface area contributed by atoms with Gasteiger partial charge in [0.1, 0.15) is 28.7 Å². The van der Waals surface area contributed by atoms with Crippen molar-refractivity contribution < 1.29 is 18.0 Å². The molecule has 252 valence electrons. The number of nitriles is 1. The third-order valence-electron chi connectivity index (χ3n) is 10.3. The van der Waals surface area contributed by atoms with Gasteiger partial charge in [-0.05, 0) is 61.6 Å². The lowest BCUT2D eigenvalue weighted by Crippen LogP contribution is -2.58. The summed E-state index contributed by atoms with van der Waals surface area (Å²) in [6.45, 7) is 13.5. The first kappa shape index (κ1) is 32.6. The summed E-state index contributed by atoms with van der Waals surface area (Å²) in [4.78, 5) is 28.1. The number of likely N-dealkylation sites (tertiary alicyclic amines) is 3. The third kappa shape index (κ3) is 6.53. The zero-order valence-electron chi connectivity index (χ0n) is 27.0. The van der Waals surface area contributed by atoms with Gasteiger partial charge in [-0.25, -0.2) is 9.97 Å². The van der Waals surface area contributed by atoms with Crippen LogP contribution in [-0.2, 0) is 24.3 Å². The third-order valence-corrected chi connectivity index (χ3v) is 11.4. The first-order valence-electron chi connectivity index (χ1n) is 16.5. The lowest BCUT2D eigenvalue weighted by molar-refractivity contribution is -0.127. The topological polar surface area (TPSA) is 93.3 Å². The molecule has 1 spiro atoms. The molecular formula is C35H39F3N8OS. The minimum absolute atomic E-state index is 0.0174. The van der Waals surface area contributed by atoms with E-state index in [1.54, 1.807) is 6.07 Å². The van der Waals surface area contributed by atoms with Crippen LogP contribution in [0.2, 0.25) is 0 Å². The van der Waals surface area contributed by atoms with Gasteiger partial charge in [-0.3, -0.25) is 9.69 Å². The van der Waals surface area contributed by atoms with Gasteiger partial charge in [0.15, 0.2) is 0 Å². The number of alkyl halides is 3. The quantitative estimate of drug-likeness (QED) is 0.227. The largest absolute Gasteiger partial charge is 0.393 e. The van der Waals surface area contributed by atoms with E-state index in [4.69, 9.17) is 0 Å². The average Bonchev–Trinajstić information content (AvgIpc) is 3.76. The highest BCUT2D eigenvalue weighted by atomic mass is 32.1. The molecule has 3 fully saturated rings. The number of anilines is 1. The zero-order valence-corrected chi connectivity index (χ0v) is 27.8.